The number of nitrogens with zero attached hydrogens (tertiary/aromatic N) is 1. The summed E-state index contributed by atoms with van der Waals surface area (Å²) < 4.78 is 17.4. The SMILES string of the molecule is CN=CC(NC(=O)C1CCCCC1)=C(N)OC(F)P. The predicted molar refractivity (Wildman–Crippen MR) is 76.0 cm³/mol. The fourth-order valence-corrected chi connectivity index (χ4v) is 2.22. The number of alkyl halides is 1. The maximum absolute atomic E-state index is 12.7. The number of nitrogens with one attached hydrogen (secondary N) is 1. The Morgan fingerprint density at radius 2 is 2.16 bits per heavy atom. The predicted octanol–water partition coefficient (Wildman–Crippen LogP) is 1.66. The van der Waals surface area contributed by atoms with Gasteiger partial charge in [0, 0.05) is 19.2 Å². The van der Waals surface area contributed by atoms with Crippen molar-refractivity contribution in [1.82, 2.24) is 5.32 Å². The maximum atomic E-state index is 12.7. The first-order chi connectivity index (χ1) is 9.04. The van der Waals surface area contributed by atoms with Gasteiger partial charge in [-0.25, -0.2) is 0 Å². The van der Waals surface area contributed by atoms with Crippen molar-refractivity contribution in [2.45, 2.75) is 38.2 Å². The molecule has 0 aliphatic heterocycles. The Bertz CT molecular complexity index is 366. The smallest absolute Gasteiger partial charge is 0.251 e. The molecule has 108 valence electrons. The highest BCUT2D eigenvalue weighted by atomic mass is 31.0. The second-order valence-electron chi connectivity index (χ2n) is 4.46. The van der Waals surface area contributed by atoms with Gasteiger partial charge in [0.05, 0.1) is 0 Å². The number of hydrogen-bond donors (Lipinski definition) is 2. The molecule has 3 N–H and O–H groups in total. The molecule has 0 saturated heterocycles. The molecule has 0 aromatic heterocycles. The van der Waals surface area contributed by atoms with E-state index in [9.17, 15) is 9.18 Å². The summed E-state index contributed by atoms with van der Waals surface area (Å²) in [5.41, 5.74) is 5.78. The lowest BCUT2D eigenvalue weighted by atomic mass is 9.88. The zero-order chi connectivity index (χ0) is 14.3. The highest BCUT2D eigenvalue weighted by Crippen LogP contribution is 2.23. The monoisotopic (exact) mass is 289 g/mol. The minimum atomic E-state index is -1.62. The Labute approximate surface area is 115 Å². The molecule has 2 unspecified atom stereocenters. The van der Waals surface area contributed by atoms with Gasteiger partial charge in [-0.1, -0.05) is 28.5 Å². The van der Waals surface area contributed by atoms with E-state index >= 15 is 0 Å². The minimum absolute atomic E-state index is 0.0148. The second-order valence-corrected chi connectivity index (χ2v) is 4.98. The van der Waals surface area contributed by atoms with Crippen LogP contribution >= 0.6 is 9.24 Å². The third-order valence-corrected chi connectivity index (χ3v) is 3.13. The van der Waals surface area contributed by atoms with E-state index in [2.05, 4.69) is 10.3 Å². The standard InChI is InChI=1S/C12H21FN3O2P/c1-15-7-9(10(14)18-12(13)19)16-11(17)8-5-3-2-4-6-8/h7-8,12H,2-6,14,19H2,1H3,(H,16,17). The van der Waals surface area contributed by atoms with E-state index in [1.165, 1.54) is 19.7 Å². The minimum Gasteiger partial charge on any atom is -0.441 e. The molecule has 0 aromatic rings. The second kappa shape index (κ2) is 8.10. The molecule has 7 heteroatoms. The van der Waals surface area contributed by atoms with Crippen molar-refractivity contribution in [3.05, 3.63) is 11.6 Å². The molecule has 1 aliphatic carbocycles. The van der Waals surface area contributed by atoms with Gasteiger partial charge in [0.15, 0.2) is 0 Å². The van der Waals surface area contributed by atoms with E-state index in [1.807, 2.05) is 9.24 Å². The molecule has 0 aromatic carbocycles. The number of allylic oxidation sites excluding steroid dienone is 1. The third kappa shape index (κ3) is 5.55. The molecule has 2 atom stereocenters. The summed E-state index contributed by atoms with van der Waals surface area (Å²) in [4.78, 5) is 15.8. The van der Waals surface area contributed by atoms with Gasteiger partial charge in [-0.3, -0.25) is 9.79 Å². The number of aliphatic imine (C=N–C) groups is 1. The average molecular weight is 289 g/mol. The largest absolute Gasteiger partial charge is 0.441 e. The summed E-state index contributed by atoms with van der Waals surface area (Å²) in [6.07, 6.45) is 4.77. The normalized spacial score (nSPS) is 19.9. The van der Waals surface area contributed by atoms with E-state index in [1.54, 1.807) is 0 Å². The molecule has 0 spiro atoms. The summed E-state index contributed by atoms with van der Waals surface area (Å²) in [6, 6.07) is 0. The summed E-state index contributed by atoms with van der Waals surface area (Å²) in [6.45, 7) is 0. The zero-order valence-electron chi connectivity index (χ0n) is 11.1. The third-order valence-electron chi connectivity index (χ3n) is 3.00. The summed E-state index contributed by atoms with van der Waals surface area (Å²) in [7, 11) is 3.36. The molecule has 0 radical (unpaired) electrons. The number of carbonyl (C=O) groups is 1. The average Bonchev–Trinajstić information content (AvgIpc) is 2.38. The quantitative estimate of drug-likeness (QED) is 0.459. The number of halogens is 1. The number of hydrogen-bond acceptors (Lipinski definition) is 4. The van der Waals surface area contributed by atoms with Gasteiger partial charge in [-0.2, -0.15) is 4.39 Å². The molecule has 1 saturated carbocycles. The number of carbonyl (C=O) groups excluding carboxylic acids is 1. The molecule has 5 nitrogen and oxygen atoms in total. The number of rotatable bonds is 5. The van der Waals surface area contributed by atoms with Gasteiger partial charge in [-0.05, 0) is 12.8 Å². The highest BCUT2D eigenvalue weighted by Gasteiger charge is 2.22. The molecule has 0 bridgehead atoms. The van der Waals surface area contributed by atoms with Crippen molar-refractivity contribution in [1.29, 1.82) is 0 Å². The summed E-state index contributed by atoms with van der Waals surface area (Å²) in [5, 5.41) is 2.66. The fraction of sp³-hybridized carbons (Fsp3) is 0.667. The Balaban J connectivity index is 2.69. The lowest BCUT2D eigenvalue weighted by Gasteiger charge is -2.21. The molecule has 1 fully saturated rings. The fourth-order valence-electron chi connectivity index (χ4n) is 2.07. The summed E-state index contributed by atoms with van der Waals surface area (Å²) >= 11 is 0. The van der Waals surface area contributed by atoms with Crippen LogP contribution < -0.4 is 11.1 Å². The Kier molecular flexibility index (Phi) is 6.78. The summed E-state index contributed by atoms with van der Waals surface area (Å²) in [5.74, 6) is -0.309. The highest BCUT2D eigenvalue weighted by molar-refractivity contribution is 7.16. The van der Waals surface area contributed by atoms with Crippen LogP contribution in [-0.4, -0.2) is 25.3 Å². The molecule has 1 amide bonds. The van der Waals surface area contributed by atoms with Crippen molar-refractivity contribution in [3.63, 3.8) is 0 Å². The first-order valence-corrected chi connectivity index (χ1v) is 7.00. The Hall–Kier alpha value is -1.16. The van der Waals surface area contributed by atoms with E-state index in [4.69, 9.17) is 10.5 Å². The maximum Gasteiger partial charge on any atom is 0.251 e. The van der Waals surface area contributed by atoms with Crippen LogP contribution in [0.25, 0.3) is 0 Å². The van der Waals surface area contributed by atoms with Crippen LogP contribution in [0.4, 0.5) is 4.39 Å². The van der Waals surface area contributed by atoms with Crippen molar-refractivity contribution >= 4 is 21.4 Å². The van der Waals surface area contributed by atoms with Gasteiger partial charge in [0.1, 0.15) is 5.70 Å². The number of amides is 1. The Morgan fingerprint density at radius 3 is 2.68 bits per heavy atom. The zero-order valence-corrected chi connectivity index (χ0v) is 12.2. The van der Waals surface area contributed by atoms with Crippen LogP contribution in [0.3, 0.4) is 0 Å². The Morgan fingerprint density at radius 1 is 1.53 bits per heavy atom. The van der Waals surface area contributed by atoms with Crippen LogP contribution in [0.5, 0.6) is 0 Å². The van der Waals surface area contributed by atoms with Crippen molar-refractivity contribution in [2.75, 3.05) is 7.05 Å². The van der Waals surface area contributed by atoms with Crippen LogP contribution in [0, 0.1) is 5.92 Å². The van der Waals surface area contributed by atoms with E-state index in [0.29, 0.717) is 0 Å². The topological polar surface area (TPSA) is 76.7 Å². The van der Waals surface area contributed by atoms with E-state index < -0.39 is 6.10 Å². The van der Waals surface area contributed by atoms with Crippen LogP contribution in [0.1, 0.15) is 32.1 Å². The lowest BCUT2D eigenvalue weighted by Crippen LogP contribution is -2.34. The van der Waals surface area contributed by atoms with Gasteiger partial charge < -0.3 is 15.8 Å². The molecule has 0 heterocycles. The van der Waals surface area contributed by atoms with Crippen molar-refractivity contribution in [2.24, 2.45) is 16.6 Å². The molecule has 1 rings (SSSR count). The molecule has 1 aliphatic rings. The van der Waals surface area contributed by atoms with Gasteiger partial charge in [0.25, 0.3) is 6.10 Å². The number of nitrogens with two attached hydrogens (primary N) is 1. The number of ether oxygens (including phenoxy) is 1. The van der Waals surface area contributed by atoms with Crippen LogP contribution in [0.15, 0.2) is 16.6 Å². The van der Waals surface area contributed by atoms with Crippen LogP contribution in [-0.2, 0) is 9.53 Å². The lowest BCUT2D eigenvalue weighted by molar-refractivity contribution is -0.125. The van der Waals surface area contributed by atoms with Gasteiger partial charge in [-0.15, -0.1) is 0 Å². The van der Waals surface area contributed by atoms with E-state index in [0.717, 1.165) is 25.7 Å². The van der Waals surface area contributed by atoms with E-state index in [-0.39, 0.29) is 23.4 Å². The van der Waals surface area contributed by atoms with Gasteiger partial charge in [0.2, 0.25) is 11.8 Å². The van der Waals surface area contributed by atoms with Crippen LogP contribution in [0.2, 0.25) is 0 Å². The molecular weight excluding hydrogens is 268 g/mol. The first-order valence-electron chi connectivity index (χ1n) is 6.33. The van der Waals surface area contributed by atoms with Gasteiger partial charge >= 0.3 is 0 Å². The molecule has 19 heavy (non-hydrogen) atoms. The van der Waals surface area contributed by atoms with Crippen molar-refractivity contribution in [3.8, 4) is 0 Å². The first kappa shape index (κ1) is 15.9. The molecular formula is C12H21FN3O2P. The van der Waals surface area contributed by atoms with Crippen molar-refractivity contribution < 1.29 is 13.9 Å².